The van der Waals surface area contributed by atoms with Crippen LogP contribution in [0.5, 0.6) is 5.75 Å². The fraction of sp³-hybridized carbons (Fsp3) is 0.538. The highest BCUT2D eigenvalue weighted by Crippen LogP contribution is 2.83. The van der Waals surface area contributed by atoms with Gasteiger partial charge < -0.3 is 25.1 Å². The quantitative estimate of drug-likeness (QED) is 0.399. The number of fused-ring (bicyclic) bond motifs is 1. The van der Waals surface area contributed by atoms with E-state index >= 15 is 0 Å². The number of piperidine rings is 1. The smallest absolute Gasteiger partial charge is 0.482 e. The molecule has 1 aromatic rings. The molecule has 6 aliphatic carbocycles. The van der Waals surface area contributed by atoms with Crippen molar-refractivity contribution in [3.8, 4) is 5.75 Å². The first-order valence-electron chi connectivity index (χ1n) is 12.2. The van der Waals surface area contributed by atoms with E-state index in [1.54, 1.807) is 30.3 Å². The van der Waals surface area contributed by atoms with Crippen LogP contribution in [0.15, 0.2) is 47.9 Å². The molecule has 7 atom stereocenters. The molecular weight excluding hydrogens is 436 g/mol. The third-order valence-electron chi connectivity index (χ3n) is 9.81. The largest absolute Gasteiger partial charge is 0.519 e. The molecule has 2 spiro atoms. The number of allylic oxidation sites excluding steroid dienone is 3. The lowest BCUT2D eigenvalue weighted by Crippen LogP contribution is -3.02. The maximum atomic E-state index is 13.3. The molecule has 2 aliphatic heterocycles. The summed E-state index contributed by atoms with van der Waals surface area (Å²) in [5.74, 6) is 1.84. The van der Waals surface area contributed by atoms with Gasteiger partial charge in [0, 0.05) is 30.6 Å². The second-order valence-electron chi connectivity index (χ2n) is 11.3. The zero-order valence-corrected chi connectivity index (χ0v) is 18.6. The molecule has 0 amide bonds. The van der Waals surface area contributed by atoms with Crippen LogP contribution in [0, 0.1) is 23.2 Å². The van der Waals surface area contributed by atoms with Crippen molar-refractivity contribution in [1.82, 2.24) is 4.90 Å². The summed E-state index contributed by atoms with van der Waals surface area (Å²) in [5, 5.41) is 12.2. The summed E-state index contributed by atoms with van der Waals surface area (Å²) in [7, 11) is 0. The maximum Gasteiger partial charge on any atom is 0.519 e. The van der Waals surface area contributed by atoms with Crippen molar-refractivity contribution in [2.45, 2.75) is 55.4 Å². The van der Waals surface area contributed by atoms with Crippen molar-refractivity contribution < 1.29 is 28.9 Å². The number of likely N-dealkylation sites (tertiary alicyclic amines) is 1. The van der Waals surface area contributed by atoms with Crippen molar-refractivity contribution in [3.05, 3.63) is 47.9 Å². The summed E-state index contributed by atoms with van der Waals surface area (Å²) in [5.41, 5.74) is 4.26. The van der Waals surface area contributed by atoms with E-state index in [0.29, 0.717) is 29.5 Å². The second-order valence-corrected chi connectivity index (χ2v) is 11.3. The molecular formula is C26H26N2O6. The molecule has 0 aromatic heterocycles. The number of benzene rings is 1. The Bertz CT molecular complexity index is 1220. The lowest BCUT2D eigenvalue weighted by atomic mass is 9.26. The minimum Gasteiger partial charge on any atom is -0.482 e. The number of hydrogen-bond acceptors (Lipinski definition) is 8. The van der Waals surface area contributed by atoms with E-state index in [1.807, 2.05) is 0 Å². The Morgan fingerprint density at radius 3 is 2.79 bits per heavy atom. The molecule has 34 heavy (non-hydrogen) atoms. The predicted octanol–water partition coefficient (Wildman–Crippen LogP) is 2.53. The first kappa shape index (κ1) is 19.5. The number of ether oxygens (including phenoxy) is 3. The monoisotopic (exact) mass is 462 g/mol. The molecule has 3 N–H and O–H groups in total. The summed E-state index contributed by atoms with van der Waals surface area (Å²) in [6, 6.07) is 6.52. The van der Waals surface area contributed by atoms with Crippen LogP contribution in [0.4, 0.5) is 10.5 Å². The van der Waals surface area contributed by atoms with Gasteiger partial charge in [-0.05, 0) is 67.9 Å². The molecule has 176 valence electrons. The average molecular weight is 463 g/mol. The minimum absolute atomic E-state index is 0.0570. The van der Waals surface area contributed by atoms with Crippen LogP contribution in [0.2, 0.25) is 0 Å². The van der Waals surface area contributed by atoms with E-state index in [2.05, 4.69) is 11.0 Å². The number of anilines is 1. The number of rotatable bonds is 4. The first-order valence-corrected chi connectivity index (χ1v) is 12.2. The lowest BCUT2D eigenvalue weighted by molar-refractivity contribution is -0.430. The van der Waals surface area contributed by atoms with E-state index in [9.17, 15) is 14.7 Å². The summed E-state index contributed by atoms with van der Waals surface area (Å²) in [6.07, 6.45) is 6.68. The molecule has 8 heteroatoms. The van der Waals surface area contributed by atoms with Crippen molar-refractivity contribution >= 4 is 17.6 Å². The number of hydrogen-bond donors (Lipinski definition) is 2. The number of nitrogens with zero attached hydrogens (tertiary/aromatic N) is 1. The van der Waals surface area contributed by atoms with Crippen LogP contribution < -0.4 is 10.5 Å². The molecule has 2 heterocycles. The molecule has 9 rings (SSSR count). The Morgan fingerprint density at radius 1 is 1.24 bits per heavy atom. The fourth-order valence-electron chi connectivity index (χ4n) is 8.52. The van der Waals surface area contributed by atoms with E-state index < -0.39 is 28.8 Å². The van der Waals surface area contributed by atoms with Crippen LogP contribution in [0.3, 0.4) is 0 Å². The van der Waals surface area contributed by atoms with Gasteiger partial charge in [0.25, 0.3) is 0 Å². The van der Waals surface area contributed by atoms with Crippen molar-refractivity contribution in [3.63, 3.8) is 0 Å². The van der Waals surface area contributed by atoms with Gasteiger partial charge in [-0.3, -0.25) is 9.69 Å². The number of nitrogens with two attached hydrogens (primary N) is 1. The lowest BCUT2D eigenvalue weighted by Gasteiger charge is -2.87. The Hall–Kier alpha value is -2.84. The molecule has 0 radical (unpaired) electrons. The highest BCUT2D eigenvalue weighted by Gasteiger charge is 2.96. The zero-order valence-electron chi connectivity index (χ0n) is 18.6. The van der Waals surface area contributed by atoms with Gasteiger partial charge in [-0.2, -0.15) is 0 Å². The van der Waals surface area contributed by atoms with Crippen LogP contribution in [0.1, 0.15) is 32.1 Å². The van der Waals surface area contributed by atoms with Crippen LogP contribution in [0.25, 0.3) is 0 Å². The number of aliphatic hydroxyl groups is 1. The van der Waals surface area contributed by atoms with Crippen molar-refractivity contribution in [2.75, 3.05) is 12.3 Å². The van der Waals surface area contributed by atoms with Gasteiger partial charge in [-0.25, -0.2) is 4.79 Å². The maximum absolute atomic E-state index is 13.3. The number of carbonyl (C=O) groups is 2. The van der Waals surface area contributed by atoms with E-state index in [-0.39, 0.29) is 29.4 Å². The molecule has 8 aliphatic rings. The van der Waals surface area contributed by atoms with Crippen molar-refractivity contribution in [2.24, 2.45) is 23.2 Å². The van der Waals surface area contributed by atoms with Gasteiger partial charge in [0.05, 0.1) is 11.0 Å². The van der Waals surface area contributed by atoms with Crippen LogP contribution >= 0.6 is 0 Å². The Labute approximate surface area is 196 Å². The molecule has 2 bridgehead atoms. The van der Waals surface area contributed by atoms with Crippen LogP contribution in [-0.2, 0) is 14.3 Å². The Kier molecular flexibility index (Phi) is 3.35. The Morgan fingerprint density at radius 2 is 2.03 bits per heavy atom. The third-order valence-corrected chi connectivity index (χ3v) is 9.81. The Balaban J connectivity index is 1.13. The normalized spacial score (nSPS) is 44.6. The summed E-state index contributed by atoms with van der Waals surface area (Å²) < 4.78 is 17.2. The molecule has 5 saturated carbocycles. The summed E-state index contributed by atoms with van der Waals surface area (Å²) in [6.45, 7) is 0.983. The number of ketones is 1. The van der Waals surface area contributed by atoms with Gasteiger partial charge in [-0.15, -0.1) is 0 Å². The molecule has 2 saturated heterocycles. The SMILES string of the molecule is Nc1ccc(OC(=O)OC2=C3O[C@H]4C(=O)CC56C[C@]47C3C(C=C2)CC(N5CC2CC2)C67O)cc1. The summed E-state index contributed by atoms with van der Waals surface area (Å²) in [4.78, 5) is 28.3. The summed E-state index contributed by atoms with van der Waals surface area (Å²) >= 11 is 0. The molecule has 1 aromatic carbocycles. The molecule has 7 fully saturated rings. The van der Waals surface area contributed by atoms with Gasteiger partial charge in [0.15, 0.2) is 17.6 Å². The molecule has 5 unspecified atom stereocenters. The highest BCUT2D eigenvalue weighted by atomic mass is 16.7. The predicted molar refractivity (Wildman–Crippen MR) is 118 cm³/mol. The fourth-order valence-corrected chi connectivity index (χ4v) is 8.52. The first-order chi connectivity index (χ1) is 16.4. The van der Waals surface area contributed by atoms with Crippen LogP contribution in [-0.4, -0.2) is 51.8 Å². The van der Waals surface area contributed by atoms with E-state index in [0.717, 1.165) is 19.4 Å². The topological polar surface area (TPSA) is 111 Å². The van der Waals surface area contributed by atoms with E-state index in [1.165, 1.54) is 12.8 Å². The van der Waals surface area contributed by atoms with Gasteiger partial charge in [0.1, 0.15) is 17.1 Å². The average Bonchev–Trinajstić information content (AvgIpc) is 3.55. The molecule has 8 nitrogen and oxygen atoms in total. The van der Waals surface area contributed by atoms with Gasteiger partial charge in [0.2, 0.25) is 0 Å². The standard InChI is InChI=1S/C26H26N2O6/c27-15-4-6-16(7-5-15)32-23(30)33-18-8-3-14-9-19-26(31)24(28(19)11-13-1-2-13)10-17(29)22-25(26,12-24)20(14)21(18)34-22/h3-8,13-14,19-20,22,31H,1-2,9-12,27H2/t14?,19?,20?,22-,24?,25-,26?/m0/s1. The van der Waals surface area contributed by atoms with Gasteiger partial charge >= 0.3 is 6.16 Å². The zero-order chi connectivity index (χ0) is 23.0. The number of nitrogen functional groups attached to an aromatic ring is 1. The number of carbonyl (C=O) groups excluding carboxylic acids is 2. The second kappa shape index (κ2) is 5.86. The highest BCUT2D eigenvalue weighted by molar-refractivity contribution is 5.91. The van der Waals surface area contributed by atoms with Gasteiger partial charge in [-0.1, -0.05) is 6.08 Å². The van der Waals surface area contributed by atoms with E-state index in [4.69, 9.17) is 19.9 Å². The third kappa shape index (κ3) is 1.98. The van der Waals surface area contributed by atoms with Crippen molar-refractivity contribution in [1.29, 1.82) is 0 Å². The minimum atomic E-state index is -0.919. The number of Topliss-reactive ketones (excluding diaryl/α,β-unsaturated/α-hetero) is 1.